The molecule has 3 nitrogen and oxygen atoms in total. The van der Waals surface area contributed by atoms with E-state index < -0.39 is 9.84 Å². The largest absolute Gasteiger partial charge is 0.377 e. The van der Waals surface area contributed by atoms with Gasteiger partial charge in [0.15, 0.2) is 9.84 Å². The minimum absolute atomic E-state index is 0.181. The summed E-state index contributed by atoms with van der Waals surface area (Å²) in [5.41, 5.74) is 1.36. The standard InChI is InChI=1S/C15H15Cl2NO2S/c1-10(12-9-11(16)7-8-13(12)17)18-14-5-3-4-6-15(14)21(2,19)20/h3-10,18H,1-2H3. The van der Waals surface area contributed by atoms with Crippen molar-refractivity contribution in [3.8, 4) is 0 Å². The molecule has 0 saturated carbocycles. The number of hydrogen-bond donors (Lipinski definition) is 1. The van der Waals surface area contributed by atoms with Gasteiger partial charge in [0.05, 0.1) is 16.6 Å². The highest BCUT2D eigenvalue weighted by Gasteiger charge is 2.16. The van der Waals surface area contributed by atoms with Crippen LogP contribution < -0.4 is 5.32 Å². The van der Waals surface area contributed by atoms with E-state index in [0.29, 0.717) is 15.7 Å². The summed E-state index contributed by atoms with van der Waals surface area (Å²) in [5, 5.41) is 4.34. The third-order valence-electron chi connectivity index (χ3n) is 3.08. The first kappa shape index (κ1) is 16.1. The van der Waals surface area contributed by atoms with E-state index in [1.54, 1.807) is 42.5 Å². The molecule has 2 aromatic carbocycles. The molecule has 0 aliphatic rings. The zero-order valence-electron chi connectivity index (χ0n) is 11.6. The molecule has 0 amide bonds. The third kappa shape index (κ3) is 3.90. The Morgan fingerprint density at radius 1 is 1.10 bits per heavy atom. The molecule has 21 heavy (non-hydrogen) atoms. The van der Waals surface area contributed by atoms with Gasteiger partial charge in [0.25, 0.3) is 0 Å². The van der Waals surface area contributed by atoms with Crippen LogP contribution in [0, 0.1) is 0 Å². The molecular weight excluding hydrogens is 329 g/mol. The second-order valence-corrected chi connectivity index (χ2v) is 7.63. The average molecular weight is 344 g/mol. The van der Waals surface area contributed by atoms with E-state index in [4.69, 9.17) is 23.2 Å². The molecule has 2 rings (SSSR count). The van der Waals surface area contributed by atoms with Crippen LogP contribution in [-0.2, 0) is 9.84 Å². The fourth-order valence-corrected chi connectivity index (χ4v) is 3.38. The molecule has 0 aliphatic heterocycles. The lowest BCUT2D eigenvalue weighted by Gasteiger charge is -2.19. The number of nitrogens with one attached hydrogen (secondary N) is 1. The highest BCUT2D eigenvalue weighted by molar-refractivity contribution is 7.90. The monoisotopic (exact) mass is 343 g/mol. The molecule has 0 aromatic heterocycles. The van der Waals surface area contributed by atoms with Crippen molar-refractivity contribution < 1.29 is 8.42 Å². The lowest BCUT2D eigenvalue weighted by atomic mass is 10.1. The highest BCUT2D eigenvalue weighted by atomic mass is 35.5. The minimum Gasteiger partial charge on any atom is -0.377 e. The van der Waals surface area contributed by atoms with Crippen LogP contribution in [0.25, 0.3) is 0 Å². The van der Waals surface area contributed by atoms with Gasteiger partial charge in [0, 0.05) is 16.3 Å². The molecule has 0 fully saturated rings. The summed E-state index contributed by atoms with van der Waals surface area (Å²) in [4.78, 5) is 0.259. The first-order chi connectivity index (χ1) is 9.79. The maximum Gasteiger partial charge on any atom is 0.177 e. The van der Waals surface area contributed by atoms with Crippen molar-refractivity contribution in [2.45, 2.75) is 17.9 Å². The van der Waals surface area contributed by atoms with E-state index >= 15 is 0 Å². The van der Waals surface area contributed by atoms with Crippen molar-refractivity contribution in [2.24, 2.45) is 0 Å². The predicted octanol–water partition coefficient (Wildman–Crippen LogP) is 4.57. The minimum atomic E-state index is -3.30. The summed E-state index contributed by atoms with van der Waals surface area (Å²) >= 11 is 12.2. The molecule has 1 atom stereocenters. The Balaban J connectivity index is 2.37. The number of halogens is 2. The van der Waals surface area contributed by atoms with Crippen molar-refractivity contribution in [1.29, 1.82) is 0 Å². The summed E-state index contributed by atoms with van der Waals surface area (Å²) in [6.07, 6.45) is 1.19. The quantitative estimate of drug-likeness (QED) is 0.884. The van der Waals surface area contributed by atoms with Gasteiger partial charge in [-0.05, 0) is 42.8 Å². The number of benzene rings is 2. The van der Waals surface area contributed by atoms with Gasteiger partial charge >= 0.3 is 0 Å². The molecule has 0 aliphatic carbocycles. The van der Waals surface area contributed by atoms with Gasteiger partial charge in [0.2, 0.25) is 0 Å². The Hall–Kier alpha value is -1.23. The molecule has 2 aromatic rings. The Bertz CT molecular complexity index is 760. The summed E-state index contributed by atoms with van der Waals surface area (Å²) < 4.78 is 23.6. The Morgan fingerprint density at radius 2 is 1.76 bits per heavy atom. The number of rotatable bonds is 4. The van der Waals surface area contributed by atoms with Gasteiger partial charge in [-0.3, -0.25) is 0 Å². The van der Waals surface area contributed by atoms with Gasteiger partial charge in [-0.15, -0.1) is 0 Å². The normalized spacial score (nSPS) is 13.0. The van der Waals surface area contributed by atoms with Crippen LogP contribution in [0.5, 0.6) is 0 Å². The van der Waals surface area contributed by atoms with Crippen LogP contribution >= 0.6 is 23.2 Å². The van der Waals surface area contributed by atoms with E-state index in [0.717, 1.165) is 5.56 Å². The van der Waals surface area contributed by atoms with Crippen molar-refractivity contribution in [2.75, 3.05) is 11.6 Å². The molecule has 6 heteroatoms. The highest BCUT2D eigenvalue weighted by Crippen LogP contribution is 2.30. The number of anilines is 1. The van der Waals surface area contributed by atoms with E-state index in [2.05, 4.69) is 5.32 Å². The predicted molar refractivity (Wildman–Crippen MR) is 88.1 cm³/mol. The summed E-state index contributed by atoms with van der Waals surface area (Å²) in [5.74, 6) is 0. The van der Waals surface area contributed by atoms with E-state index in [1.807, 2.05) is 6.92 Å². The van der Waals surface area contributed by atoms with Crippen LogP contribution in [0.1, 0.15) is 18.5 Å². The molecule has 0 saturated heterocycles. The summed E-state index contributed by atoms with van der Waals surface area (Å²) in [6.45, 7) is 1.90. The maximum atomic E-state index is 11.8. The van der Waals surface area contributed by atoms with E-state index in [-0.39, 0.29) is 10.9 Å². The number of hydrogen-bond acceptors (Lipinski definition) is 3. The first-order valence-electron chi connectivity index (χ1n) is 6.29. The van der Waals surface area contributed by atoms with Gasteiger partial charge in [-0.25, -0.2) is 8.42 Å². The zero-order valence-corrected chi connectivity index (χ0v) is 13.9. The van der Waals surface area contributed by atoms with Crippen molar-refractivity contribution in [3.63, 3.8) is 0 Å². The SMILES string of the molecule is CC(Nc1ccccc1S(C)(=O)=O)c1cc(Cl)ccc1Cl. The van der Waals surface area contributed by atoms with E-state index in [9.17, 15) is 8.42 Å². The lowest BCUT2D eigenvalue weighted by molar-refractivity contribution is 0.602. The Morgan fingerprint density at radius 3 is 2.43 bits per heavy atom. The molecule has 0 bridgehead atoms. The summed E-state index contributed by atoms with van der Waals surface area (Å²) in [7, 11) is -3.30. The van der Waals surface area contributed by atoms with Gasteiger partial charge in [-0.1, -0.05) is 35.3 Å². The van der Waals surface area contributed by atoms with Gasteiger partial charge in [0.1, 0.15) is 0 Å². The second-order valence-electron chi connectivity index (χ2n) is 4.80. The van der Waals surface area contributed by atoms with Crippen molar-refractivity contribution >= 4 is 38.7 Å². The smallest absolute Gasteiger partial charge is 0.177 e. The first-order valence-corrected chi connectivity index (χ1v) is 8.94. The molecule has 112 valence electrons. The van der Waals surface area contributed by atoms with Crippen LogP contribution in [-0.4, -0.2) is 14.7 Å². The van der Waals surface area contributed by atoms with Crippen LogP contribution in [0.2, 0.25) is 10.0 Å². The molecule has 0 heterocycles. The Labute approximate surface area is 134 Å². The maximum absolute atomic E-state index is 11.8. The number of sulfone groups is 1. The van der Waals surface area contributed by atoms with Crippen molar-refractivity contribution in [1.82, 2.24) is 0 Å². The van der Waals surface area contributed by atoms with Crippen LogP contribution in [0.15, 0.2) is 47.4 Å². The molecule has 1 unspecified atom stereocenters. The Kier molecular flexibility index (Phi) is 4.81. The molecule has 0 radical (unpaired) electrons. The summed E-state index contributed by atoms with van der Waals surface area (Å²) in [6, 6.07) is 11.8. The molecule has 0 spiro atoms. The van der Waals surface area contributed by atoms with Gasteiger partial charge in [-0.2, -0.15) is 0 Å². The van der Waals surface area contributed by atoms with E-state index in [1.165, 1.54) is 6.26 Å². The molecular formula is C15H15Cl2NO2S. The molecule has 1 N–H and O–H groups in total. The number of para-hydroxylation sites is 1. The average Bonchev–Trinajstić information content (AvgIpc) is 2.41. The second kappa shape index (κ2) is 6.26. The fraction of sp³-hybridized carbons (Fsp3) is 0.200. The van der Waals surface area contributed by atoms with Crippen LogP contribution in [0.3, 0.4) is 0 Å². The zero-order chi connectivity index (χ0) is 15.6. The topological polar surface area (TPSA) is 46.2 Å². The van der Waals surface area contributed by atoms with Gasteiger partial charge < -0.3 is 5.32 Å². The third-order valence-corrected chi connectivity index (χ3v) is 4.82. The van der Waals surface area contributed by atoms with Crippen LogP contribution in [0.4, 0.5) is 5.69 Å². The fourth-order valence-electron chi connectivity index (χ4n) is 2.07. The van der Waals surface area contributed by atoms with Crippen molar-refractivity contribution in [3.05, 3.63) is 58.1 Å². The lowest BCUT2D eigenvalue weighted by Crippen LogP contribution is -2.10.